The summed E-state index contributed by atoms with van der Waals surface area (Å²) in [7, 11) is 0. The van der Waals surface area contributed by atoms with Gasteiger partial charge in [-0.05, 0) is 0 Å². The first kappa shape index (κ1) is 15.8. The number of hydrogen-bond donors (Lipinski definition) is 0. The van der Waals surface area contributed by atoms with Crippen molar-refractivity contribution >= 4 is 71.7 Å². The van der Waals surface area contributed by atoms with E-state index < -0.39 is 0 Å². The summed E-state index contributed by atoms with van der Waals surface area (Å²) in [5.41, 5.74) is 0. The Kier molecular flexibility index (Phi) is 66.7. The predicted octanol–water partition coefficient (Wildman–Crippen LogP) is -2.22. The molecule has 0 N–H and O–H groups in total. The maximum atomic E-state index is 8.25. The minimum absolute atomic E-state index is 0. The normalized spacial score (nSPS) is 0.750. The van der Waals surface area contributed by atoms with Gasteiger partial charge in [-0.1, -0.05) is 0 Å². The topological polar surface area (TPSA) is 17.1 Å². The van der Waals surface area contributed by atoms with Crippen molar-refractivity contribution in [2.75, 3.05) is 0 Å². The molecule has 1 nitrogen and oxygen atoms in total. The van der Waals surface area contributed by atoms with Gasteiger partial charge in [0.05, 0.1) is 0 Å². The van der Waals surface area contributed by atoms with Crippen molar-refractivity contribution in [3.8, 4) is 0 Å². The Balaban J connectivity index is -0.00000000500. The molecule has 0 saturated carbocycles. The van der Waals surface area contributed by atoms with Gasteiger partial charge in [0.2, 0.25) is 0 Å². The molecule has 0 heterocycles. The van der Waals surface area contributed by atoms with E-state index in [2.05, 4.69) is 0 Å². The fraction of sp³-hybridized carbons (Fsp3) is 0. The molecule has 0 atom stereocenters. The summed E-state index contributed by atoms with van der Waals surface area (Å²) >= 11 is 0.750. The molecular formula is H5BiOSrTi. The SMILES string of the molecule is [BiH3].[O]=[Ti].[SrH2]. The molecule has 0 aromatic rings. The van der Waals surface area contributed by atoms with E-state index in [0.717, 1.165) is 20.4 Å². The van der Waals surface area contributed by atoms with E-state index in [0.29, 0.717) is 0 Å². The van der Waals surface area contributed by atoms with Gasteiger partial charge in [0, 0.05) is 0 Å². The van der Waals surface area contributed by atoms with Crippen LogP contribution in [0.4, 0.5) is 0 Å². The summed E-state index contributed by atoms with van der Waals surface area (Å²) in [6.07, 6.45) is 0. The Bertz CT molecular complexity index is 8.00. The molecule has 0 aliphatic carbocycles. The molecule has 0 aliphatic heterocycles. The van der Waals surface area contributed by atoms with E-state index in [4.69, 9.17) is 3.32 Å². The molecule has 0 aromatic carbocycles. The van der Waals surface area contributed by atoms with Crippen LogP contribution in [0.5, 0.6) is 0 Å². The van der Waals surface area contributed by atoms with Crippen molar-refractivity contribution in [3.05, 3.63) is 0 Å². The van der Waals surface area contributed by atoms with E-state index in [9.17, 15) is 0 Å². The molecule has 0 aromatic heterocycles. The summed E-state index contributed by atoms with van der Waals surface area (Å²) in [6, 6.07) is 0. The van der Waals surface area contributed by atoms with E-state index in [-0.39, 0.29) is 71.7 Å². The molecular weight excluding hydrogens is 360 g/mol. The first-order valence-corrected chi connectivity index (χ1v) is 0.842. The van der Waals surface area contributed by atoms with Crippen molar-refractivity contribution in [1.82, 2.24) is 0 Å². The quantitative estimate of drug-likeness (QED) is 0.445. The summed E-state index contributed by atoms with van der Waals surface area (Å²) in [5, 5.41) is 0. The Morgan fingerprint density at radius 2 is 1.25 bits per heavy atom. The van der Waals surface area contributed by atoms with Gasteiger partial charge in [-0.3, -0.25) is 0 Å². The molecule has 4 heavy (non-hydrogen) atoms. The summed E-state index contributed by atoms with van der Waals surface area (Å²) in [4.78, 5) is 0. The van der Waals surface area contributed by atoms with Crippen LogP contribution in [-0.4, -0.2) is 71.7 Å². The van der Waals surface area contributed by atoms with Gasteiger partial charge in [-0.25, -0.2) is 0 Å². The molecule has 0 bridgehead atoms. The first-order valence-electron chi connectivity index (χ1n) is 0.204. The maximum absolute atomic E-state index is 8.25. The van der Waals surface area contributed by atoms with Crippen LogP contribution in [-0.2, 0) is 23.7 Å². The summed E-state index contributed by atoms with van der Waals surface area (Å²) in [5.74, 6) is 0. The third-order valence-electron chi connectivity index (χ3n) is 0. The van der Waals surface area contributed by atoms with Gasteiger partial charge in [0.1, 0.15) is 0 Å². The average molecular weight is 366 g/mol. The van der Waals surface area contributed by atoms with Gasteiger partial charge in [0.25, 0.3) is 0 Å². The fourth-order valence-electron chi connectivity index (χ4n) is 0. The third-order valence-corrected chi connectivity index (χ3v) is 0. The molecule has 22 valence electrons. The standard InChI is InChI=1S/Bi.O.Sr.Ti.5H. The number of hydrogen-bond acceptors (Lipinski definition) is 1. The van der Waals surface area contributed by atoms with Crippen LogP contribution >= 0.6 is 0 Å². The Hall–Kier alpha value is 2.88. The van der Waals surface area contributed by atoms with Crippen LogP contribution in [0.25, 0.3) is 0 Å². The van der Waals surface area contributed by atoms with Crippen LogP contribution in [0.15, 0.2) is 0 Å². The van der Waals surface area contributed by atoms with E-state index in [1.165, 1.54) is 0 Å². The summed E-state index contributed by atoms with van der Waals surface area (Å²) in [6.45, 7) is 0. The fourth-order valence-corrected chi connectivity index (χ4v) is 0. The number of rotatable bonds is 0. The first-order chi connectivity index (χ1) is 1.00. The Morgan fingerprint density at radius 1 is 1.25 bits per heavy atom. The van der Waals surface area contributed by atoms with Gasteiger partial charge < -0.3 is 0 Å². The van der Waals surface area contributed by atoms with Crippen LogP contribution in [0.2, 0.25) is 0 Å². The van der Waals surface area contributed by atoms with Crippen LogP contribution < -0.4 is 0 Å². The molecule has 0 amide bonds. The summed E-state index contributed by atoms with van der Waals surface area (Å²) < 4.78 is 8.25. The van der Waals surface area contributed by atoms with E-state index >= 15 is 0 Å². The predicted molar refractivity (Wildman–Crippen MR) is 19.2 cm³/mol. The zero-order valence-corrected chi connectivity index (χ0v) is 8.67. The van der Waals surface area contributed by atoms with E-state index in [1.807, 2.05) is 0 Å². The van der Waals surface area contributed by atoms with Gasteiger partial charge >= 0.3 is 95.4 Å². The van der Waals surface area contributed by atoms with Crippen molar-refractivity contribution in [1.29, 1.82) is 0 Å². The minimum atomic E-state index is 0. The second-order valence-electron chi connectivity index (χ2n) is 0. The molecule has 4 heteroatoms. The molecule has 0 rings (SSSR count). The Labute approximate surface area is 93.0 Å². The van der Waals surface area contributed by atoms with Gasteiger partial charge in [-0.15, -0.1) is 0 Å². The Morgan fingerprint density at radius 3 is 1.25 bits per heavy atom. The van der Waals surface area contributed by atoms with Crippen molar-refractivity contribution < 1.29 is 23.7 Å². The average Bonchev–Trinajstić information content (AvgIpc) is 1.00. The molecule has 0 aliphatic rings. The second kappa shape index (κ2) is 16.9. The van der Waals surface area contributed by atoms with Gasteiger partial charge in [0.15, 0.2) is 0 Å². The van der Waals surface area contributed by atoms with Crippen molar-refractivity contribution in [2.24, 2.45) is 0 Å². The second-order valence-corrected chi connectivity index (χ2v) is 0. The molecule has 0 unspecified atom stereocenters. The van der Waals surface area contributed by atoms with Crippen LogP contribution in [0, 0.1) is 0 Å². The van der Waals surface area contributed by atoms with Crippen molar-refractivity contribution in [3.63, 3.8) is 0 Å². The van der Waals surface area contributed by atoms with Crippen LogP contribution in [0.3, 0.4) is 0 Å². The zero-order valence-electron chi connectivity index (χ0n) is 1.62. The molecule has 0 fully saturated rings. The monoisotopic (exact) mass is 366 g/mol. The van der Waals surface area contributed by atoms with E-state index in [1.54, 1.807) is 0 Å². The molecule has 0 saturated heterocycles. The van der Waals surface area contributed by atoms with Crippen molar-refractivity contribution in [2.45, 2.75) is 0 Å². The zero-order chi connectivity index (χ0) is 2.00. The van der Waals surface area contributed by atoms with Gasteiger partial charge in [-0.2, -0.15) is 0 Å². The van der Waals surface area contributed by atoms with Crippen LogP contribution in [0.1, 0.15) is 0 Å². The third kappa shape index (κ3) is 8.86. The molecule has 0 spiro atoms. The molecule has 0 radical (unpaired) electrons.